The van der Waals surface area contributed by atoms with Crippen LogP contribution in [-0.4, -0.2) is 30.9 Å². The van der Waals surface area contributed by atoms with Crippen LogP contribution in [0.25, 0.3) is 11.0 Å². The molecule has 2 aromatic carbocycles. The number of fused-ring (bicyclic) bond motifs is 2. The molecular formula is C21H19ClN2O5. The van der Waals surface area contributed by atoms with E-state index in [-0.39, 0.29) is 18.1 Å². The minimum atomic E-state index is -0.481. The number of alkyl halides is 1. The monoisotopic (exact) mass is 414 g/mol. The number of halogens is 1. The van der Waals surface area contributed by atoms with Gasteiger partial charge in [0.05, 0.1) is 0 Å². The number of carbonyl (C=O) groups is 2. The van der Waals surface area contributed by atoms with Gasteiger partial charge in [0, 0.05) is 29.4 Å². The van der Waals surface area contributed by atoms with E-state index in [1.807, 2.05) is 6.07 Å². The summed E-state index contributed by atoms with van der Waals surface area (Å²) in [5.74, 6) is 0.895. The van der Waals surface area contributed by atoms with Gasteiger partial charge >= 0.3 is 0 Å². The van der Waals surface area contributed by atoms with Gasteiger partial charge in [-0.1, -0.05) is 12.1 Å². The van der Waals surface area contributed by atoms with Crippen molar-refractivity contribution in [2.24, 2.45) is 0 Å². The van der Waals surface area contributed by atoms with Crippen molar-refractivity contribution in [3.05, 3.63) is 48.2 Å². The Morgan fingerprint density at radius 1 is 1.00 bits per heavy atom. The molecule has 0 saturated heterocycles. The van der Waals surface area contributed by atoms with E-state index in [1.54, 1.807) is 36.4 Å². The van der Waals surface area contributed by atoms with Gasteiger partial charge in [-0.2, -0.15) is 0 Å². The van der Waals surface area contributed by atoms with Crippen molar-refractivity contribution in [1.82, 2.24) is 0 Å². The average molecular weight is 415 g/mol. The third kappa shape index (κ3) is 4.14. The summed E-state index contributed by atoms with van der Waals surface area (Å²) < 4.78 is 16.8. The Morgan fingerprint density at radius 2 is 1.79 bits per heavy atom. The fourth-order valence-electron chi connectivity index (χ4n) is 3.07. The Bertz CT molecular complexity index is 1060. The van der Waals surface area contributed by atoms with Gasteiger partial charge in [0.2, 0.25) is 11.7 Å². The highest BCUT2D eigenvalue weighted by Crippen LogP contribution is 2.34. The maximum absolute atomic E-state index is 12.9. The predicted octanol–water partition coefficient (Wildman–Crippen LogP) is 4.41. The molecule has 1 aliphatic rings. The minimum absolute atomic E-state index is 0.0281. The molecule has 1 aliphatic heterocycles. The predicted molar refractivity (Wildman–Crippen MR) is 110 cm³/mol. The Balaban J connectivity index is 1.61. The average Bonchev–Trinajstić information content (AvgIpc) is 3.11. The number of hydrogen-bond donors (Lipinski definition) is 2. The highest BCUT2D eigenvalue weighted by atomic mass is 35.5. The number of benzene rings is 2. The second-order valence-corrected chi connectivity index (χ2v) is 6.83. The molecule has 0 radical (unpaired) electrons. The molecular weight excluding hydrogens is 396 g/mol. The van der Waals surface area contributed by atoms with Crippen molar-refractivity contribution in [3.63, 3.8) is 0 Å². The number of nitrogens with one attached hydrogen (secondary N) is 2. The van der Waals surface area contributed by atoms with Gasteiger partial charge in [0.1, 0.15) is 24.5 Å². The second kappa shape index (κ2) is 8.45. The second-order valence-electron chi connectivity index (χ2n) is 6.46. The Hall–Kier alpha value is -3.19. The first-order chi connectivity index (χ1) is 14.2. The van der Waals surface area contributed by atoms with Crippen LogP contribution in [0.3, 0.4) is 0 Å². The molecule has 4 rings (SSSR count). The van der Waals surface area contributed by atoms with Gasteiger partial charge in [0.15, 0.2) is 11.5 Å². The van der Waals surface area contributed by atoms with Crippen molar-refractivity contribution < 1.29 is 23.5 Å². The van der Waals surface area contributed by atoms with E-state index in [9.17, 15) is 9.59 Å². The summed E-state index contributed by atoms with van der Waals surface area (Å²) in [5.41, 5.74) is 1.38. The summed E-state index contributed by atoms with van der Waals surface area (Å²) in [7, 11) is 0. The fraction of sp³-hybridized carbons (Fsp3) is 0.238. The molecule has 0 unspecified atom stereocenters. The summed E-state index contributed by atoms with van der Waals surface area (Å²) in [6.45, 7) is 0.941. The molecule has 150 valence electrons. The van der Waals surface area contributed by atoms with Crippen molar-refractivity contribution in [2.75, 3.05) is 29.7 Å². The molecule has 0 saturated carbocycles. The van der Waals surface area contributed by atoms with Crippen LogP contribution in [0.5, 0.6) is 11.5 Å². The van der Waals surface area contributed by atoms with Gasteiger partial charge in [0.25, 0.3) is 5.91 Å². The van der Waals surface area contributed by atoms with Gasteiger partial charge in [-0.05, 0) is 30.7 Å². The highest BCUT2D eigenvalue weighted by molar-refractivity contribution is 6.18. The summed E-state index contributed by atoms with van der Waals surface area (Å²) in [4.78, 5) is 25.2. The van der Waals surface area contributed by atoms with Crippen LogP contribution >= 0.6 is 11.6 Å². The first kappa shape index (κ1) is 19.1. The molecule has 2 N–H and O–H groups in total. The van der Waals surface area contributed by atoms with Crippen LogP contribution in [0.1, 0.15) is 23.4 Å². The SMILES string of the molecule is O=C(CCCCl)Nc1c(C(=O)Nc2ccc3c(c2)OCCO3)oc2ccccc12. The normalized spacial score (nSPS) is 12.6. The van der Waals surface area contributed by atoms with E-state index in [4.69, 9.17) is 25.5 Å². The summed E-state index contributed by atoms with van der Waals surface area (Å²) >= 11 is 5.66. The van der Waals surface area contributed by atoms with Crippen LogP contribution in [0, 0.1) is 0 Å². The number of hydrogen-bond acceptors (Lipinski definition) is 5. The molecule has 0 atom stereocenters. The number of amides is 2. The quantitative estimate of drug-likeness (QED) is 0.583. The molecule has 0 fully saturated rings. The Labute approximate surface area is 171 Å². The highest BCUT2D eigenvalue weighted by Gasteiger charge is 2.23. The molecule has 7 nitrogen and oxygen atoms in total. The zero-order valence-electron chi connectivity index (χ0n) is 15.5. The third-order valence-corrected chi connectivity index (χ3v) is 4.67. The van der Waals surface area contributed by atoms with Crippen molar-refractivity contribution in [1.29, 1.82) is 0 Å². The van der Waals surface area contributed by atoms with E-state index in [2.05, 4.69) is 10.6 Å². The van der Waals surface area contributed by atoms with E-state index < -0.39 is 5.91 Å². The van der Waals surface area contributed by atoms with Gasteiger partial charge < -0.3 is 24.5 Å². The standard InChI is InChI=1S/C21H19ClN2O5/c22-9-3-6-18(25)24-19-14-4-1-2-5-15(14)29-20(19)21(26)23-13-7-8-16-17(12-13)28-11-10-27-16/h1-2,4-5,7-8,12H,3,6,9-11H2,(H,23,26)(H,24,25). The molecule has 0 spiro atoms. The molecule has 1 aromatic heterocycles. The molecule has 0 bridgehead atoms. The summed E-state index contributed by atoms with van der Waals surface area (Å²) in [6, 6.07) is 12.3. The zero-order valence-corrected chi connectivity index (χ0v) is 16.3. The Morgan fingerprint density at radius 3 is 2.62 bits per heavy atom. The summed E-state index contributed by atoms with van der Waals surface area (Å²) in [5, 5.41) is 6.23. The van der Waals surface area contributed by atoms with E-state index in [0.717, 1.165) is 0 Å². The fourth-order valence-corrected chi connectivity index (χ4v) is 3.20. The van der Waals surface area contributed by atoms with Crippen LogP contribution in [0.15, 0.2) is 46.9 Å². The smallest absolute Gasteiger partial charge is 0.293 e. The van der Waals surface area contributed by atoms with E-state index in [1.165, 1.54) is 0 Å². The van der Waals surface area contributed by atoms with E-state index >= 15 is 0 Å². The molecule has 8 heteroatoms. The molecule has 0 aliphatic carbocycles. The van der Waals surface area contributed by atoms with Crippen molar-refractivity contribution >= 4 is 45.8 Å². The molecule has 3 aromatic rings. The Kier molecular flexibility index (Phi) is 5.57. The van der Waals surface area contributed by atoms with Crippen LogP contribution in [-0.2, 0) is 4.79 Å². The first-order valence-corrected chi connectivity index (χ1v) is 9.77. The van der Waals surface area contributed by atoms with Crippen LogP contribution in [0.4, 0.5) is 11.4 Å². The number of anilines is 2. The lowest BCUT2D eigenvalue weighted by molar-refractivity contribution is -0.116. The first-order valence-electron chi connectivity index (χ1n) is 9.24. The maximum atomic E-state index is 12.9. The molecule has 2 heterocycles. The van der Waals surface area contributed by atoms with Crippen LogP contribution in [0.2, 0.25) is 0 Å². The summed E-state index contributed by atoms with van der Waals surface area (Å²) in [6.07, 6.45) is 0.800. The lowest BCUT2D eigenvalue weighted by Crippen LogP contribution is -2.18. The molecule has 29 heavy (non-hydrogen) atoms. The van der Waals surface area contributed by atoms with Crippen molar-refractivity contribution in [2.45, 2.75) is 12.8 Å². The largest absolute Gasteiger partial charge is 0.486 e. The lowest BCUT2D eigenvalue weighted by atomic mass is 10.2. The number of ether oxygens (including phenoxy) is 2. The van der Waals surface area contributed by atoms with Gasteiger partial charge in [-0.25, -0.2) is 0 Å². The number of rotatable bonds is 6. The van der Waals surface area contributed by atoms with Crippen LogP contribution < -0.4 is 20.1 Å². The number of carbonyl (C=O) groups excluding carboxylic acids is 2. The zero-order chi connectivity index (χ0) is 20.2. The third-order valence-electron chi connectivity index (χ3n) is 4.40. The van der Waals surface area contributed by atoms with Gasteiger partial charge in [-0.3, -0.25) is 9.59 Å². The minimum Gasteiger partial charge on any atom is -0.486 e. The maximum Gasteiger partial charge on any atom is 0.293 e. The number of furan rings is 1. The lowest BCUT2D eigenvalue weighted by Gasteiger charge is -2.18. The van der Waals surface area contributed by atoms with Gasteiger partial charge in [-0.15, -0.1) is 11.6 Å². The van der Waals surface area contributed by atoms with Crippen molar-refractivity contribution in [3.8, 4) is 11.5 Å². The van der Waals surface area contributed by atoms with E-state index in [0.29, 0.717) is 59.4 Å². The molecule has 2 amide bonds. The topological polar surface area (TPSA) is 89.8 Å². The number of para-hydroxylation sites is 1.